The summed E-state index contributed by atoms with van der Waals surface area (Å²) >= 11 is 5.00. The number of aromatic hydroxyl groups is 1. The molecule has 0 saturated carbocycles. The Morgan fingerprint density at radius 1 is 1.06 bits per heavy atom. The first kappa shape index (κ1) is 26.0. The van der Waals surface area contributed by atoms with Gasteiger partial charge in [-0.1, -0.05) is 31.2 Å². The number of nitrogens with one attached hydrogen (secondary N) is 1. The molecule has 0 bridgehead atoms. The van der Waals surface area contributed by atoms with Gasteiger partial charge in [-0.25, -0.2) is 0 Å². The minimum Gasteiger partial charge on any atom is -0.507 e. The minimum absolute atomic E-state index is 0.387. The predicted octanol–water partition coefficient (Wildman–Crippen LogP) is 5.79. The topological polar surface area (TPSA) is 84.0 Å². The van der Waals surface area contributed by atoms with Crippen molar-refractivity contribution in [2.75, 3.05) is 45.7 Å². The monoisotopic (exact) mass is 498 g/mol. The molecule has 5 rings (SSSR count). The second-order valence-corrected chi connectivity index (χ2v) is 8.36. The van der Waals surface area contributed by atoms with Crippen LogP contribution in [0, 0.1) is 0 Å². The molecule has 3 aromatic carbocycles. The van der Waals surface area contributed by atoms with E-state index in [1.54, 1.807) is 19.2 Å². The SMILES string of the molecule is CCCl.CN1CCc2c1cc(O)c1ccccc21.COc1cc2cc(C=O)[nH]c2c(OC)c1OC. The van der Waals surface area contributed by atoms with Crippen molar-refractivity contribution >= 4 is 45.2 Å². The van der Waals surface area contributed by atoms with E-state index in [9.17, 15) is 9.90 Å². The zero-order chi connectivity index (χ0) is 25.5. The van der Waals surface area contributed by atoms with Crippen molar-refractivity contribution in [3.63, 3.8) is 0 Å². The van der Waals surface area contributed by atoms with Gasteiger partial charge < -0.3 is 29.2 Å². The lowest BCUT2D eigenvalue weighted by Gasteiger charge is -2.13. The lowest BCUT2D eigenvalue weighted by molar-refractivity contribution is 0.111. The van der Waals surface area contributed by atoms with Crippen LogP contribution in [0.25, 0.3) is 21.7 Å². The van der Waals surface area contributed by atoms with E-state index >= 15 is 0 Å². The third-order valence-electron chi connectivity index (χ3n) is 5.79. The molecular formula is C27H31ClN2O5. The van der Waals surface area contributed by atoms with Crippen molar-refractivity contribution in [2.45, 2.75) is 13.3 Å². The molecule has 7 nitrogen and oxygen atoms in total. The van der Waals surface area contributed by atoms with Crippen molar-refractivity contribution < 1.29 is 24.1 Å². The molecule has 2 N–H and O–H groups in total. The summed E-state index contributed by atoms with van der Waals surface area (Å²) in [6.45, 7) is 2.93. The quantitative estimate of drug-likeness (QED) is 0.274. The number of carbonyl (C=O) groups excluding carboxylic acids is 1. The molecule has 186 valence electrons. The number of anilines is 1. The number of halogens is 1. The van der Waals surface area contributed by atoms with E-state index in [1.165, 1.54) is 30.9 Å². The van der Waals surface area contributed by atoms with Crippen LogP contribution >= 0.6 is 11.6 Å². The van der Waals surface area contributed by atoms with E-state index in [2.05, 4.69) is 23.0 Å². The molecule has 0 amide bonds. The zero-order valence-electron chi connectivity index (χ0n) is 20.6. The zero-order valence-corrected chi connectivity index (χ0v) is 21.4. The number of carbonyl (C=O) groups is 1. The number of fused-ring (bicyclic) bond motifs is 4. The fourth-order valence-electron chi connectivity index (χ4n) is 4.23. The highest BCUT2D eigenvalue weighted by Gasteiger charge is 2.20. The Bertz CT molecular complexity index is 1320. The molecule has 0 unspecified atom stereocenters. The summed E-state index contributed by atoms with van der Waals surface area (Å²) in [4.78, 5) is 15.9. The number of aromatic nitrogens is 1. The lowest BCUT2D eigenvalue weighted by atomic mass is 10.0. The van der Waals surface area contributed by atoms with Crippen LogP contribution in [0.3, 0.4) is 0 Å². The molecule has 0 aliphatic carbocycles. The van der Waals surface area contributed by atoms with Gasteiger partial charge in [0.2, 0.25) is 5.75 Å². The molecule has 0 fully saturated rings. The van der Waals surface area contributed by atoms with Crippen LogP contribution < -0.4 is 19.1 Å². The molecule has 1 aliphatic heterocycles. The summed E-state index contributed by atoms with van der Waals surface area (Å²) in [5.41, 5.74) is 3.73. The van der Waals surface area contributed by atoms with Gasteiger partial charge in [-0.3, -0.25) is 4.79 Å². The Morgan fingerprint density at radius 2 is 1.71 bits per heavy atom. The number of methoxy groups -OCH3 is 3. The van der Waals surface area contributed by atoms with E-state index in [4.69, 9.17) is 25.8 Å². The smallest absolute Gasteiger partial charge is 0.205 e. The number of hydrogen-bond acceptors (Lipinski definition) is 6. The van der Waals surface area contributed by atoms with Crippen LogP contribution in [0.5, 0.6) is 23.0 Å². The van der Waals surface area contributed by atoms with E-state index in [0.717, 1.165) is 35.9 Å². The van der Waals surface area contributed by atoms with E-state index < -0.39 is 0 Å². The first-order valence-corrected chi connectivity index (χ1v) is 11.7. The van der Waals surface area contributed by atoms with E-state index in [-0.39, 0.29) is 0 Å². The van der Waals surface area contributed by atoms with Crippen molar-refractivity contribution in [3.8, 4) is 23.0 Å². The Labute approximate surface area is 210 Å². The van der Waals surface area contributed by atoms with Crippen LogP contribution in [0.4, 0.5) is 5.69 Å². The molecule has 2 heterocycles. The van der Waals surface area contributed by atoms with Gasteiger partial charge in [0.1, 0.15) is 5.75 Å². The summed E-state index contributed by atoms with van der Waals surface area (Å²) in [5, 5.41) is 12.9. The Hall–Kier alpha value is -3.58. The first-order chi connectivity index (χ1) is 16.9. The molecular weight excluding hydrogens is 468 g/mol. The maximum atomic E-state index is 10.8. The van der Waals surface area contributed by atoms with Crippen LogP contribution in [-0.2, 0) is 6.42 Å². The maximum absolute atomic E-state index is 10.8. The summed E-state index contributed by atoms with van der Waals surface area (Å²) in [6.07, 6.45) is 1.82. The van der Waals surface area contributed by atoms with Gasteiger partial charge >= 0.3 is 0 Å². The summed E-state index contributed by atoms with van der Waals surface area (Å²) in [5.74, 6) is 2.70. The van der Waals surface area contributed by atoms with Crippen LogP contribution in [0.2, 0.25) is 0 Å². The van der Waals surface area contributed by atoms with Crippen molar-refractivity contribution in [1.29, 1.82) is 0 Å². The number of phenolic OH excluding ortho intramolecular Hbond substituents is 1. The average molecular weight is 499 g/mol. The fraction of sp³-hybridized carbons (Fsp3) is 0.296. The molecule has 0 radical (unpaired) electrons. The van der Waals surface area contributed by atoms with E-state index in [0.29, 0.717) is 34.2 Å². The molecule has 1 aromatic heterocycles. The third kappa shape index (κ3) is 5.25. The number of H-pyrrole nitrogens is 1. The molecule has 4 aromatic rings. The number of aldehydes is 1. The largest absolute Gasteiger partial charge is 0.507 e. The number of phenols is 1. The van der Waals surface area contributed by atoms with Crippen LogP contribution in [-0.4, -0.2) is 57.2 Å². The highest BCUT2D eigenvalue weighted by Crippen LogP contribution is 2.43. The molecule has 0 atom stereocenters. The van der Waals surface area contributed by atoms with Crippen LogP contribution in [0.1, 0.15) is 23.0 Å². The number of aromatic amines is 1. The van der Waals surface area contributed by atoms with Gasteiger partial charge in [0, 0.05) is 42.0 Å². The predicted molar refractivity (Wildman–Crippen MR) is 142 cm³/mol. The number of hydrogen-bond donors (Lipinski definition) is 2. The van der Waals surface area contributed by atoms with Gasteiger partial charge in [-0.15, -0.1) is 11.6 Å². The minimum atomic E-state index is 0.387. The Balaban J connectivity index is 0.000000177. The third-order valence-corrected chi connectivity index (χ3v) is 5.79. The molecule has 8 heteroatoms. The molecule has 1 aliphatic rings. The van der Waals surface area contributed by atoms with Gasteiger partial charge in [0.15, 0.2) is 17.8 Å². The van der Waals surface area contributed by atoms with Crippen LogP contribution in [0.15, 0.2) is 42.5 Å². The molecule has 35 heavy (non-hydrogen) atoms. The molecule has 0 saturated heterocycles. The van der Waals surface area contributed by atoms with Crippen molar-refractivity contribution in [1.82, 2.24) is 4.98 Å². The normalized spacial score (nSPS) is 11.8. The number of alkyl halides is 1. The van der Waals surface area contributed by atoms with Gasteiger partial charge in [0.05, 0.1) is 32.5 Å². The number of likely N-dealkylation sites (N-methyl/N-ethyl adjacent to an activating group) is 1. The Morgan fingerprint density at radius 3 is 2.31 bits per heavy atom. The number of benzene rings is 3. The molecule has 0 spiro atoms. The fourth-order valence-corrected chi connectivity index (χ4v) is 4.23. The summed E-state index contributed by atoms with van der Waals surface area (Å²) in [7, 11) is 6.70. The first-order valence-electron chi connectivity index (χ1n) is 11.2. The standard InChI is InChI=1S/C13H13NO.C12H13NO4.C2H5Cl/c1-14-7-6-10-9-4-2-3-5-11(9)13(15)8-12(10)14;1-15-9-5-7-4-8(6-14)13-10(7)12(17-3)11(9)16-2;1-2-3/h2-5,8,15H,6-7H2,1H3;4-6,13H,1-3H3;2H2,1H3. The number of ether oxygens (including phenoxy) is 3. The second kappa shape index (κ2) is 11.7. The Kier molecular flexibility index (Phi) is 8.71. The summed E-state index contributed by atoms with van der Waals surface area (Å²) < 4.78 is 15.8. The highest BCUT2D eigenvalue weighted by molar-refractivity contribution is 6.17. The van der Waals surface area contributed by atoms with Gasteiger partial charge in [0.25, 0.3) is 0 Å². The van der Waals surface area contributed by atoms with Crippen molar-refractivity contribution in [3.05, 3.63) is 53.7 Å². The summed E-state index contributed by atoms with van der Waals surface area (Å²) in [6, 6.07) is 13.5. The number of nitrogens with zero attached hydrogens (tertiary/aromatic N) is 1. The maximum Gasteiger partial charge on any atom is 0.205 e. The van der Waals surface area contributed by atoms with Gasteiger partial charge in [-0.2, -0.15) is 0 Å². The highest BCUT2D eigenvalue weighted by atomic mass is 35.5. The van der Waals surface area contributed by atoms with Gasteiger partial charge in [-0.05, 0) is 29.5 Å². The number of rotatable bonds is 4. The van der Waals surface area contributed by atoms with Crippen molar-refractivity contribution in [2.24, 2.45) is 0 Å². The second-order valence-electron chi connectivity index (χ2n) is 7.83. The van der Waals surface area contributed by atoms with E-state index in [1.807, 2.05) is 31.2 Å². The lowest BCUT2D eigenvalue weighted by Crippen LogP contribution is -2.12. The average Bonchev–Trinajstić information content (AvgIpc) is 3.47.